The zero-order valence-corrected chi connectivity index (χ0v) is 23.7. The normalized spacial score (nSPS) is 16.9. The quantitative estimate of drug-likeness (QED) is 0.242. The summed E-state index contributed by atoms with van der Waals surface area (Å²) in [5.74, 6) is 1.03. The van der Waals surface area contributed by atoms with Crippen LogP contribution in [0.15, 0.2) is 24.5 Å². The maximum atomic E-state index is 14.0. The molecule has 39 heavy (non-hydrogen) atoms. The number of H-pyrrole nitrogens is 1. The van der Waals surface area contributed by atoms with Crippen molar-refractivity contribution in [3.63, 3.8) is 0 Å². The van der Waals surface area contributed by atoms with Crippen molar-refractivity contribution in [3.8, 4) is 16.9 Å². The van der Waals surface area contributed by atoms with Crippen molar-refractivity contribution >= 4 is 24.9 Å². The number of nitrogens with zero attached hydrogens (tertiary/aromatic N) is 7. The van der Waals surface area contributed by atoms with Gasteiger partial charge in [-0.3, -0.25) is 5.10 Å². The second kappa shape index (κ2) is 10.4. The number of nitrogens with one attached hydrogen (secondary N) is 1. The summed E-state index contributed by atoms with van der Waals surface area (Å²) in [5.41, 5.74) is 0.0784. The molecule has 210 valence electrons. The topological polar surface area (TPSA) is 98.9 Å². The summed E-state index contributed by atoms with van der Waals surface area (Å²) in [5, 5.41) is 15.7. The summed E-state index contributed by atoms with van der Waals surface area (Å²) in [6, 6.07) is 4.51. The lowest BCUT2D eigenvalue weighted by molar-refractivity contribution is -0.140. The van der Waals surface area contributed by atoms with Crippen LogP contribution in [-0.2, 0) is 22.4 Å². The third-order valence-electron chi connectivity index (χ3n) is 6.74. The molecule has 4 aromatic rings. The number of alkyl halides is 3. The van der Waals surface area contributed by atoms with E-state index in [9.17, 15) is 13.2 Å². The number of pyridine rings is 1. The molecule has 0 unspecified atom stereocenters. The number of anilines is 1. The van der Waals surface area contributed by atoms with Crippen molar-refractivity contribution in [2.75, 3.05) is 31.3 Å². The molecule has 1 aliphatic rings. The second-order valence-electron chi connectivity index (χ2n) is 11.1. The molecular weight excluding hydrogens is 529 g/mol. The Hall–Kier alpha value is -3.23. The molecule has 0 amide bonds. The van der Waals surface area contributed by atoms with Gasteiger partial charge in [-0.25, -0.2) is 9.67 Å². The van der Waals surface area contributed by atoms with E-state index in [0.717, 1.165) is 6.04 Å². The van der Waals surface area contributed by atoms with Crippen molar-refractivity contribution < 1.29 is 22.6 Å². The van der Waals surface area contributed by atoms with Crippen LogP contribution < -0.4 is 4.90 Å². The Bertz CT molecular complexity index is 1460. The molecule has 0 aromatic carbocycles. The minimum Gasteiger partial charge on any atom is -0.377 e. The lowest BCUT2D eigenvalue weighted by Crippen LogP contribution is -2.44. The number of halogens is 3. The van der Waals surface area contributed by atoms with Crippen molar-refractivity contribution in [1.29, 1.82) is 0 Å². The zero-order chi connectivity index (χ0) is 27.9. The van der Waals surface area contributed by atoms with Gasteiger partial charge in [0.05, 0.1) is 25.5 Å². The van der Waals surface area contributed by atoms with Crippen molar-refractivity contribution in [2.24, 2.45) is 0 Å². The summed E-state index contributed by atoms with van der Waals surface area (Å²) >= 11 is 0. The van der Waals surface area contributed by atoms with E-state index in [1.54, 1.807) is 34.6 Å². The highest BCUT2D eigenvalue weighted by Crippen LogP contribution is 2.41. The number of aromatic nitrogens is 7. The predicted molar refractivity (Wildman–Crippen MR) is 144 cm³/mol. The number of rotatable bonds is 8. The number of morpholine rings is 1. The van der Waals surface area contributed by atoms with Gasteiger partial charge in [-0.05, 0) is 26.0 Å². The zero-order valence-electron chi connectivity index (χ0n) is 22.7. The number of aromatic amines is 1. The Kier molecular flexibility index (Phi) is 7.28. The summed E-state index contributed by atoms with van der Waals surface area (Å²) in [4.78, 5) is 6.91. The minimum absolute atomic E-state index is 0.00651. The predicted octanol–water partition coefficient (Wildman–Crippen LogP) is 4.87. The molecular formula is C25H33F3N8O2Si. The first kappa shape index (κ1) is 27.3. The monoisotopic (exact) mass is 562 g/mol. The molecule has 0 bridgehead atoms. The Labute approximate surface area is 225 Å². The first-order valence-corrected chi connectivity index (χ1v) is 16.6. The first-order chi connectivity index (χ1) is 18.4. The van der Waals surface area contributed by atoms with Gasteiger partial charge in [-0.15, -0.1) is 0 Å². The SMILES string of the molecule is Cc1[nH]nc(C(F)(F)F)c1-c1cc(N2CCOC[C@H]2C)nc2c1cnn2-c1ccn(COCC[Si](C)(C)C)n1. The average molecular weight is 563 g/mol. The molecule has 0 aliphatic carbocycles. The number of hydrogen-bond acceptors (Lipinski definition) is 7. The second-order valence-corrected chi connectivity index (χ2v) is 16.7. The standard InChI is InChI=1S/C25H33F3N8O2Si/c1-16-14-37-9-8-35(16)21-12-18(22-17(2)31-32-23(22)25(26,27)28)19-13-29-36(24(19)30-21)20-6-7-34(33-20)15-38-10-11-39(3,4)5/h6-7,12-13,16H,8-11,14-15H2,1-5H3,(H,31,32)/t16-/m1/s1. The van der Waals surface area contributed by atoms with Gasteiger partial charge in [-0.2, -0.15) is 33.1 Å². The summed E-state index contributed by atoms with van der Waals surface area (Å²) in [6.07, 6.45) is -1.32. The summed E-state index contributed by atoms with van der Waals surface area (Å²) in [6.45, 7) is 13.0. The molecule has 1 N–H and O–H groups in total. The van der Waals surface area contributed by atoms with Gasteiger partial charge in [0.1, 0.15) is 12.5 Å². The van der Waals surface area contributed by atoms with Crippen molar-refractivity contribution in [1.82, 2.24) is 34.7 Å². The van der Waals surface area contributed by atoms with E-state index in [0.29, 0.717) is 67.0 Å². The van der Waals surface area contributed by atoms with Crippen LogP contribution >= 0.6 is 0 Å². The third kappa shape index (κ3) is 5.72. The maximum Gasteiger partial charge on any atom is 0.435 e. The highest BCUT2D eigenvalue weighted by atomic mass is 28.3. The van der Waals surface area contributed by atoms with E-state index in [-0.39, 0.29) is 11.6 Å². The summed E-state index contributed by atoms with van der Waals surface area (Å²) in [7, 11) is -1.20. The van der Waals surface area contributed by atoms with Crippen LogP contribution in [0.25, 0.3) is 28.0 Å². The first-order valence-electron chi connectivity index (χ1n) is 12.9. The van der Waals surface area contributed by atoms with E-state index >= 15 is 0 Å². The van der Waals surface area contributed by atoms with Crippen molar-refractivity contribution in [2.45, 2.75) is 58.5 Å². The van der Waals surface area contributed by atoms with E-state index in [2.05, 4.69) is 40.0 Å². The van der Waals surface area contributed by atoms with Crippen LogP contribution in [-0.4, -0.2) is 75.2 Å². The van der Waals surface area contributed by atoms with Gasteiger partial charge in [-0.1, -0.05) is 19.6 Å². The van der Waals surface area contributed by atoms with Crippen molar-refractivity contribution in [3.05, 3.63) is 35.9 Å². The molecule has 0 spiro atoms. The molecule has 4 aromatic heterocycles. The lowest BCUT2D eigenvalue weighted by Gasteiger charge is -2.34. The van der Waals surface area contributed by atoms with Gasteiger partial charge in [0.2, 0.25) is 0 Å². The molecule has 1 aliphatic heterocycles. The number of aryl methyl sites for hydroxylation is 1. The van der Waals surface area contributed by atoms with Crippen LogP contribution in [0.5, 0.6) is 0 Å². The largest absolute Gasteiger partial charge is 0.435 e. The van der Waals surface area contributed by atoms with E-state index in [4.69, 9.17) is 14.5 Å². The molecule has 0 saturated carbocycles. The van der Waals surface area contributed by atoms with Crippen LogP contribution in [0.1, 0.15) is 18.3 Å². The molecule has 1 saturated heterocycles. The minimum atomic E-state index is -4.63. The highest BCUT2D eigenvalue weighted by molar-refractivity contribution is 6.76. The van der Waals surface area contributed by atoms with E-state index in [1.165, 1.54) is 6.20 Å². The smallest absolute Gasteiger partial charge is 0.377 e. The van der Waals surface area contributed by atoms with Gasteiger partial charge >= 0.3 is 6.18 Å². The van der Waals surface area contributed by atoms with Crippen LogP contribution in [0.2, 0.25) is 25.7 Å². The van der Waals surface area contributed by atoms with Crippen LogP contribution in [0.4, 0.5) is 19.0 Å². The third-order valence-corrected chi connectivity index (χ3v) is 8.44. The van der Waals surface area contributed by atoms with Gasteiger partial charge in [0.25, 0.3) is 0 Å². The number of fused-ring (bicyclic) bond motifs is 1. The lowest BCUT2D eigenvalue weighted by atomic mass is 10.0. The van der Waals surface area contributed by atoms with Crippen LogP contribution in [0.3, 0.4) is 0 Å². The van der Waals surface area contributed by atoms with Gasteiger partial charge in [0, 0.05) is 55.7 Å². The summed E-state index contributed by atoms with van der Waals surface area (Å²) < 4.78 is 56.5. The molecule has 10 nitrogen and oxygen atoms in total. The van der Waals surface area contributed by atoms with Gasteiger partial charge in [0.15, 0.2) is 17.2 Å². The Morgan fingerprint density at radius 3 is 2.74 bits per heavy atom. The Balaban J connectivity index is 1.57. The number of hydrogen-bond donors (Lipinski definition) is 1. The van der Waals surface area contributed by atoms with Crippen LogP contribution in [0, 0.1) is 6.92 Å². The van der Waals surface area contributed by atoms with E-state index in [1.807, 2.05) is 11.8 Å². The number of ether oxygens (including phenoxy) is 2. The highest BCUT2D eigenvalue weighted by Gasteiger charge is 2.39. The molecule has 1 fully saturated rings. The fourth-order valence-corrected chi connectivity index (χ4v) is 5.37. The molecule has 1 atom stereocenters. The molecule has 5 heterocycles. The van der Waals surface area contributed by atoms with E-state index < -0.39 is 19.9 Å². The maximum absolute atomic E-state index is 14.0. The van der Waals surface area contributed by atoms with Gasteiger partial charge < -0.3 is 14.4 Å². The molecule has 0 radical (unpaired) electrons. The molecule has 14 heteroatoms. The molecule has 5 rings (SSSR count). The fourth-order valence-electron chi connectivity index (χ4n) is 4.61. The average Bonchev–Trinajstić information content (AvgIpc) is 3.58. The Morgan fingerprint density at radius 2 is 2.03 bits per heavy atom. The fraction of sp³-hybridized carbons (Fsp3) is 0.520. The Morgan fingerprint density at radius 1 is 1.23 bits per heavy atom.